The zero-order valence-electron chi connectivity index (χ0n) is 6.98. The second kappa shape index (κ2) is 3.23. The van der Waals surface area contributed by atoms with E-state index in [0.717, 1.165) is 0 Å². The molecular weight excluding hydrogens is 192 g/mol. The Labute approximate surface area is 76.2 Å². The highest BCUT2D eigenvalue weighted by Crippen LogP contribution is 2.23. The molecule has 13 heavy (non-hydrogen) atoms. The highest BCUT2D eigenvalue weighted by molar-refractivity contribution is 7.89. The van der Waals surface area contributed by atoms with Crippen molar-refractivity contribution in [1.29, 1.82) is 0 Å². The van der Waals surface area contributed by atoms with Gasteiger partial charge in [-0.25, -0.2) is 13.6 Å². The van der Waals surface area contributed by atoms with Crippen molar-refractivity contribution < 1.29 is 13.5 Å². The molecular formula is C7H10N2O3S. The maximum Gasteiger partial charge on any atom is 0.240 e. The summed E-state index contributed by atoms with van der Waals surface area (Å²) in [6.07, 6.45) is 0. The molecule has 1 aromatic rings. The van der Waals surface area contributed by atoms with Gasteiger partial charge in [0.15, 0.2) is 0 Å². The third kappa shape index (κ3) is 2.10. The molecule has 0 spiro atoms. The molecule has 0 aromatic heterocycles. The highest BCUT2D eigenvalue weighted by Gasteiger charge is 2.12. The second-order valence-corrected chi connectivity index (χ2v) is 4.01. The molecule has 0 aliphatic heterocycles. The normalized spacial score (nSPS) is 11.2. The Kier molecular flexibility index (Phi) is 2.44. The Hall–Kier alpha value is -1.27. The summed E-state index contributed by atoms with van der Waals surface area (Å²) in [7, 11) is -2.19. The number of nitrogens with one attached hydrogen (secondary N) is 1. The SMILES string of the molecule is CNc1cc(O)ccc1S(N)(=O)=O. The number of primary sulfonamides is 1. The molecule has 0 amide bonds. The fraction of sp³-hybridized carbons (Fsp3) is 0.143. The number of benzene rings is 1. The maximum atomic E-state index is 11.0. The van der Waals surface area contributed by atoms with Crippen LogP contribution in [0.1, 0.15) is 0 Å². The van der Waals surface area contributed by atoms with Gasteiger partial charge < -0.3 is 10.4 Å². The van der Waals surface area contributed by atoms with Crippen LogP contribution in [-0.2, 0) is 10.0 Å². The summed E-state index contributed by atoms with van der Waals surface area (Å²) in [6, 6.07) is 3.80. The van der Waals surface area contributed by atoms with Crippen molar-refractivity contribution in [2.45, 2.75) is 4.90 Å². The summed E-state index contributed by atoms with van der Waals surface area (Å²) >= 11 is 0. The number of rotatable bonds is 2. The molecule has 0 heterocycles. The Morgan fingerprint density at radius 1 is 1.46 bits per heavy atom. The van der Waals surface area contributed by atoms with Gasteiger partial charge in [-0.2, -0.15) is 0 Å². The summed E-state index contributed by atoms with van der Waals surface area (Å²) in [5, 5.41) is 16.6. The molecule has 0 radical (unpaired) electrons. The standard InChI is InChI=1S/C7H10N2O3S/c1-9-6-4-5(10)2-3-7(6)13(8,11)12/h2-4,9-10H,1H3,(H2,8,11,12). The molecule has 0 aliphatic carbocycles. The van der Waals surface area contributed by atoms with Crippen LogP contribution in [0.5, 0.6) is 5.75 Å². The average molecular weight is 202 g/mol. The van der Waals surface area contributed by atoms with E-state index in [1.807, 2.05) is 0 Å². The van der Waals surface area contributed by atoms with Gasteiger partial charge in [0.25, 0.3) is 0 Å². The summed E-state index contributed by atoms with van der Waals surface area (Å²) < 4.78 is 22.0. The minimum absolute atomic E-state index is 0.0169. The molecule has 6 heteroatoms. The van der Waals surface area contributed by atoms with E-state index < -0.39 is 10.0 Å². The van der Waals surface area contributed by atoms with Crippen molar-refractivity contribution in [3.8, 4) is 5.75 Å². The smallest absolute Gasteiger partial charge is 0.240 e. The van der Waals surface area contributed by atoms with E-state index in [2.05, 4.69) is 5.32 Å². The zero-order valence-corrected chi connectivity index (χ0v) is 7.80. The molecule has 0 atom stereocenters. The Bertz CT molecular complexity index is 414. The minimum atomic E-state index is -3.74. The monoisotopic (exact) mass is 202 g/mol. The summed E-state index contributed by atoms with van der Waals surface area (Å²) in [5.74, 6) is -0.0169. The number of aromatic hydroxyl groups is 1. The van der Waals surface area contributed by atoms with Gasteiger partial charge in [-0.15, -0.1) is 0 Å². The van der Waals surface area contributed by atoms with Gasteiger partial charge in [-0.05, 0) is 12.1 Å². The van der Waals surface area contributed by atoms with E-state index in [1.54, 1.807) is 7.05 Å². The molecule has 0 fully saturated rings. The lowest BCUT2D eigenvalue weighted by Gasteiger charge is -2.06. The van der Waals surface area contributed by atoms with Crippen molar-refractivity contribution in [3.63, 3.8) is 0 Å². The van der Waals surface area contributed by atoms with Crippen molar-refractivity contribution in [2.24, 2.45) is 5.14 Å². The number of sulfonamides is 1. The third-order valence-corrected chi connectivity index (χ3v) is 2.51. The van der Waals surface area contributed by atoms with Crippen LogP contribution in [0.3, 0.4) is 0 Å². The third-order valence-electron chi connectivity index (χ3n) is 1.54. The van der Waals surface area contributed by atoms with Gasteiger partial charge in [-0.1, -0.05) is 0 Å². The molecule has 4 N–H and O–H groups in total. The maximum absolute atomic E-state index is 11.0. The van der Waals surface area contributed by atoms with Crippen LogP contribution < -0.4 is 10.5 Å². The number of hydrogen-bond donors (Lipinski definition) is 3. The van der Waals surface area contributed by atoms with Crippen LogP contribution >= 0.6 is 0 Å². The first-order valence-corrected chi connectivity index (χ1v) is 5.03. The fourth-order valence-electron chi connectivity index (χ4n) is 0.961. The van der Waals surface area contributed by atoms with Gasteiger partial charge in [-0.3, -0.25) is 0 Å². The molecule has 0 aliphatic rings. The van der Waals surface area contributed by atoms with Crippen LogP contribution in [0, 0.1) is 0 Å². The summed E-state index contributed by atoms with van der Waals surface area (Å²) in [5.41, 5.74) is 0.280. The van der Waals surface area contributed by atoms with Crippen LogP contribution in [0.25, 0.3) is 0 Å². The fourth-order valence-corrected chi connectivity index (χ4v) is 1.69. The number of anilines is 1. The molecule has 72 valence electrons. The predicted octanol–water partition coefficient (Wildman–Crippen LogP) is 0.0813. The van der Waals surface area contributed by atoms with Gasteiger partial charge in [0.05, 0.1) is 5.69 Å². The van der Waals surface area contributed by atoms with E-state index in [4.69, 9.17) is 10.2 Å². The van der Waals surface area contributed by atoms with Gasteiger partial charge in [0.1, 0.15) is 10.6 Å². The minimum Gasteiger partial charge on any atom is -0.508 e. The average Bonchev–Trinajstić information content (AvgIpc) is 2.01. The molecule has 0 bridgehead atoms. The van der Waals surface area contributed by atoms with Crippen molar-refractivity contribution in [2.75, 3.05) is 12.4 Å². The number of hydrogen-bond acceptors (Lipinski definition) is 4. The first-order valence-electron chi connectivity index (χ1n) is 3.48. The predicted molar refractivity (Wildman–Crippen MR) is 49.0 cm³/mol. The molecule has 5 nitrogen and oxygen atoms in total. The van der Waals surface area contributed by atoms with Crippen molar-refractivity contribution in [1.82, 2.24) is 0 Å². The van der Waals surface area contributed by atoms with E-state index >= 15 is 0 Å². The molecule has 1 rings (SSSR count). The largest absolute Gasteiger partial charge is 0.508 e. The Balaban J connectivity index is 3.39. The molecule has 0 saturated heterocycles. The second-order valence-electron chi connectivity index (χ2n) is 2.48. The molecule has 0 saturated carbocycles. The topological polar surface area (TPSA) is 92.4 Å². The Morgan fingerprint density at radius 2 is 2.08 bits per heavy atom. The number of phenolic OH excluding ortho intramolecular Hbond substituents is 1. The summed E-state index contributed by atoms with van der Waals surface area (Å²) in [6.45, 7) is 0. The first kappa shape index (κ1) is 9.82. The van der Waals surface area contributed by atoms with E-state index in [9.17, 15) is 8.42 Å². The zero-order chi connectivity index (χ0) is 10.1. The van der Waals surface area contributed by atoms with Crippen molar-refractivity contribution >= 4 is 15.7 Å². The van der Waals surface area contributed by atoms with Gasteiger partial charge >= 0.3 is 0 Å². The van der Waals surface area contributed by atoms with Gasteiger partial charge in [0, 0.05) is 13.1 Å². The lowest BCUT2D eigenvalue weighted by molar-refractivity contribution is 0.475. The lowest BCUT2D eigenvalue weighted by Crippen LogP contribution is -2.14. The molecule has 0 unspecified atom stereocenters. The summed E-state index contributed by atoms with van der Waals surface area (Å²) in [4.78, 5) is -0.0344. The van der Waals surface area contributed by atoms with Crippen molar-refractivity contribution in [3.05, 3.63) is 18.2 Å². The van der Waals surface area contributed by atoms with E-state index in [0.29, 0.717) is 0 Å². The van der Waals surface area contributed by atoms with E-state index in [1.165, 1.54) is 18.2 Å². The molecule has 1 aromatic carbocycles. The van der Waals surface area contributed by atoms with Crippen LogP contribution in [0.2, 0.25) is 0 Å². The lowest BCUT2D eigenvalue weighted by atomic mass is 10.3. The number of nitrogens with two attached hydrogens (primary N) is 1. The van der Waals surface area contributed by atoms with Crippen LogP contribution in [-0.4, -0.2) is 20.6 Å². The highest BCUT2D eigenvalue weighted by atomic mass is 32.2. The van der Waals surface area contributed by atoms with E-state index in [-0.39, 0.29) is 16.3 Å². The Morgan fingerprint density at radius 3 is 2.54 bits per heavy atom. The first-order chi connectivity index (χ1) is 5.95. The van der Waals surface area contributed by atoms with Crippen LogP contribution in [0.15, 0.2) is 23.1 Å². The number of phenols is 1. The quantitative estimate of drug-likeness (QED) is 0.633. The van der Waals surface area contributed by atoms with Gasteiger partial charge in [0.2, 0.25) is 10.0 Å². The van der Waals surface area contributed by atoms with Crippen LogP contribution in [0.4, 0.5) is 5.69 Å².